The van der Waals surface area contributed by atoms with Crippen molar-refractivity contribution in [1.29, 1.82) is 0 Å². The molecule has 2 fully saturated rings. The van der Waals surface area contributed by atoms with Crippen molar-refractivity contribution in [2.24, 2.45) is 0 Å². The zero-order valence-corrected chi connectivity index (χ0v) is 12.5. The fourth-order valence-electron chi connectivity index (χ4n) is 4.90. The Hall–Kier alpha value is -1.59. The van der Waals surface area contributed by atoms with E-state index in [1.165, 1.54) is 12.1 Å². The van der Waals surface area contributed by atoms with Crippen LogP contribution in [0.5, 0.6) is 11.5 Å². The third kappa shape index (κ3) is 1.32. The molecule has 2 aliphatic heterocycles. The molecule has 1 aromatic carbocycles. The zero-order chi connectivity index (χ0) is 22.1. The molecule has 23 heavy (non-hydrogen) atoms. The van der Waals surface area contributed by atoms with E-state index in [-0.39, 0.29) is 29.0 Å². The summed E-state index contributed by atoms with van der Waals surface area (Å²) < 4.78 is 67.4. The number of Topliss-reactive ketones (excluding diaryl/α,β-unsaturated/α-hetero) is 1. The minimum atomic E-state index is -2.81. The number of nitrogens with zero attached hydrogens (tertiary/aromatic N) is 1. The van der Waals surface area contributed by atoms with Gasteiger partial charge in [0.15, 0.2) is 23.4 Å². The maximum atomic E-state index is 13.1. The number of aliphatic hydroxyl groups is 1. The summed E-state index contributed by atoms with van der Waals surface area (Å²) in [6, 6.07) is 1.61. The summed E-state index contributed by atoms with van der Waals surface area (Å²) in [4.78, 5) is 14.8. The van der Waals surface area contributed by atoms with Crippen LogP contribution in [0.2, 0.25) is 0 Å². The lowest BCUT2D eigenvalue weighted by molar-refractivity contribution is -0.185. The van der Waals surface area contributed by atoms with Gasteiger partial charge in [0.05, 0.1) is 22.2 Å². The van der Waals surface area contributed by atoms with Crippen molar-refractivity contribution in [2.45, 2.75) is 48.7 Å². The number of hydrogen-bond donors (Lipinski definition) is 1. The highest BCUT2D eigenvalue weighted by Gasteiger charge is 2.72. The highest BCUT2D eigenvalue weighted by molar-refractivity contribution is 5.90. The monoisotopic (exact) mass is 322 g/mol. The lowest BCUT2D eigenvalue weighted by Gasteiger charge is -2.62. The van der Waals surface area contributed by atoms with Crippen molar-refractivity contribution in [3.8, 4) is 11.5 Å². The minimum absolute atomic E-state index is 0.0926. The van der Waals surface area contributed by atoms with Crippen molar-refractivity contribution in [1.82, 2.24) is 4.90 Å². The van der Waals surface area contributed by atoms with Crippen LogP contribution in [-0.4, -0.2) is 54.2 Å². The predicted octanol–water partition coefficient (Wildman–Crippen LogP) is 1.05. The van der Waals surface area contributed by atoms with Crippen LogP contribution in [0.4, 0.5) is 0 Å². The molecule has 4 aliphatic rings. The van der Waals surface area contributed by atoms with Gasteiger partial charge in [-0.15, -0.1) is 0 Å². The molecule has 2 aliphatic carbocycles. The number of carbonyl (C=O) groups is 1. The maximum absolute atomic E-state index is 13.1. The molecule has 1 spiro atoms. The van der Waals surface area contributed by atoms with Gasteiger partial charge in [0.25, 0.3) is 0 Å². The molecule has 1 saturated carbocycles. The number of hydrogen-bond acceptors (Lipinski definition) is 5. The summed E-state index contributed by atoms with van der Waals surface area (Å²) in [7, 11) is -1.14. The van der Waals surface area contributed by atoms with Gasteiger partial charge in [-0.2, -0.15) is 0 Å². The normalized spacial score (nSPS) is 50.0. The SMILES string of the molecule is [2H]C([2H])([2H])Oc1ccc2c3c1OC1C(=O)C([2H])([2H])C[C@@]4(O)[C@H](N(C)CC[C@]314)C2([2H])[2H]. The summed E-state index contributed by atoms with van der Waals surface area (Å²) >= 11 is 0. The second-order valence-electron chi connectivity index (χ2n) is 6.81. The summed E-state index contributed by atoms with van der Waals surface area (Å²) in [5.74, 6) is -1.11. The van der Waals surface area contributed by atoms with Gasteiger partial charge in [-0.05, 0) is 44.4 Å². The fourth-order valence-corrected chi connectivity index (χ4v) is 4.90. The fraction of sp³-hybridized carbons (Fsp3) is 0.611. The summed E-state index contributed by atoms with van der Waals surface area (Å²) in [6.45, 7) is 0.353. The van der Waals surface area contributed by atoms with E-state index < -0.39 is 55.1 Å². The second-order valence-corrected chi connectivity index (χ2v) is 6.81. The lowest BCUT2D eigenvalue weighted by atomic mass is 9.49. The number of methoxy groups -OCH3 is 1. The lowest BCUT2D eigenvalue weighted by Crippen LogP contribution is -2.76. The number of likely N-dealkylation sites (tertiary alicyclic amines) is 1. The van der Waals surface area contributed by atoms with Crippen molar-refractivity contribution < 1.29 is 29.0 Å². The molecule has 1 N–H and O–H groups in total. The van der Waals surface area contributed by atoms with Gasteiger partial charge in [0, 0.05) is 23.5 Å². The van der Waals surface area contributed by atoms with Gasteiger partial charge >= 0.3 is 0 Å². The first-order valence-corrected chi connectivity index (χ1v) is 7.67. The van der Waals surface area contributed by atoms with E-state index in [0.29, 0.717) is 6.54 Å². The molecule has 1 aromatic rings. The smallest absolute Gasteiger partial charge is 0.174 e. The number of ketones is 1. The van der Waals surface area contributed by atoms with E-state index >= 15 is 0 Å². The Balaban J connectivity index is 1.86. The van der Waals surface area contributed by atoms with Crippen LogP contribution in [0.25, 0.3) is 0 Å². The molecule has 5 nitrogen and oxygen atoms in total. The van der Waals surface area contributed by atoms with Gasteiger partial charge < -0.3 is 19.5 Å². The quantitative estimate of drug-likeness (QED) is 0.837. The number of benzene rings is 1. The molecule has 1 saturated heterocycles. The molecule has 5 rings (SSSR count). The highest BCUT2D eigenvalue weighted by Crippen LogP contribution is 2.64. The van der Waals surface area contributed by atoms with Crippen LogP contribution in [0.3, 0.4) is 0 Å². The molecule has 0 radical (unpaired) electrons. The molecular formula is C18H21NO4. The van der Waals surface area contributed by atoms with Gasteiger partial charge in [0.1, 0.15) is 0 Å². The van der Waals surface area contributed by atoms with E-state index in [4.69, 9.17) is 19.1 Å². The number of carbonyl (C=O) groups excluding carboxylic acids is 1. The van der Waals surface area contributed by atoms with Gasteiger partial charge in [-0.1, -0.05) is 6.07 Å². The molecule has 1 unspecified atom stereocenters. The van der Waals surface area contributed by atoms with Crippen LogP contribution in [0.15, 0.2) is 12.1 Å². The molecule has 2 bridgehead atoms. The van der Waals surface area contributed by atoms with E-state index in [0.717, 1.165) is 0 Å². The second kappa shape index (κ2) is 4.08. The molecule has 0 aromatic heterocycles. The third-order valence-electron chi connectivity index (χ3n) is 5.95. The average Bonchev–Trinajstić information content (AvgIpc) is 2.92. The van der Waals surface area contributed by atoms with Gasteiger partial charge in [-0.3, -0.25) is 4.79 Å². The van der Waals surface area contributed by atoms with Crippen molar-refractivity contribution in [2.75, 3.05) is 20.6 Å². The third-order valence-corrected chi connectivity index (χ3v) is 5.95. The molecule has 0 amide bonds. The molecule has 122 valence electrons. The number of rotatable bonds is 1. The topological polar surface area (TPSA) is 59.0 Å². The molecule has 5 heteroatoms. The number of likely N-dealkylation sites (N-methyl/N-ethyl adjacent to an activating group) is 1. The Morgan fingerprint density at radius 1 is 1.52 bits per heavy atom. The van der Waals surface area contributed by atoms with E-state index in [9.17, 15) is 9.90 Å². The van der Waals surface area contributed by atoms with Crippen LogP contribution in [0.1, 0.15) is 39.9 Å². The van der Waals surface area contributed by atoms with Crippen molar-refractivity contribution >= 4 is 5.78 Å². The van der Waals surface area contributed by atoms with Crippen LogP contribution in [0, 0.1) is 0 Å². The standard InChI is InChI=1S/C18H21NO4/c1-19-8-7-17-14-10-3-4-12(22-2)15(14)23-16(17)11(20)5-6-18(17,21)13(19)9-10/h3-4,13,16,21H,5-9H2,1-2H3/t13-,16?,17+,18-/m1/s1/i2D3,5D2,9D2. The first kappa shape index (κ1) is 8.49. The minimum Gasteiger partial charge on any atom is -0.493 e. The Kier molecular flexibility index (Phi) is 1.51. The first-order chi connectivity index (χ1) is 13.7. The number of piperidine rings is 1. The van der Waals surface area contributed by atoms with Crippen LogP contribution >= 0.6 is 0 Å². The number of ether oxygens (including phenoxy) is 2. The first-order valence-electron chi connectivity index (χ1n) is 11.2. The molecule has 2 heterocycles. The van der Waals surface area contributed by atoms with E-state index in [2.05, 4.69) is 0 Å². The average molecular weight is 322 g/mol. The van der Waals surface area contributed by atoms with Gasteiger partial charge in [-0.25, -0.2) is 0 Å². The summed E-state index contributed by atoms with van der Waals surface area (Å²) in [6.07, 6.45) is -6.27. The van der Waals surface area contributed by atoms with Crippen molar-refractivity contribution in [3.05, 3.63) is 23.3 Å². The highest BCUT2D eigenvalue weighted by atomic mass is 16.5. The van der Waals surface area contributed by atoms with Crippen LogP contribution < -0.4 is 9.47 Å². The van der Waals surface area contributed by atoms with Gasteiger partial charge in [0.2, 0.25) is 0 Å². The molecule has 4 atom stereocenters. The Bertz CT molecular complexity index is 980. The Morgan fingerprint density at radius 2 is 2.39 bits per heavy atom. The Labute approximate surface area is 145 Å². The zero-order valence-electron chi connectivity index (χ0n) is 19.5. The van der Waals surface area contributed by atoms with E-state index in [1.807, 2.05) is 0 Å². The molecular weight excluding hydrogens is 294 g/mol. The van der Waals surface area contributed by atoms with Crippen LogP contribution in [-0.2, 0) is 16.6 Å². The summed E-state index contributed by atoms with van der Waals surface area (Å²) in [5, 5.41) is 12.0. The van der Waals surface area contributed by atoms with E-state index in [1.54, 1.807) is 11.9 Å². The summed E-state index contributed by atoms with van der Waals surface area (Å²) in [5.41, 5.74) is -2.89. The van der Waals surface area contributed by atoms with Crippen molar-refractivity contribution in [3.63, 3.8) is 0 Å². The maximum Gasteiger partial charge on any atom is 0.174 e. The predicted molar refractivity (Wildman–Crippen MR) is 83.0 cm³/mol. The largest absolute Gasteiger partial charge is 0.493 e. The Morgan fingerprint density at radius 3 is 3.22 bits per heavy atom.